The van der Waals surface area contributed by atoms with Crippen LogP contribution in [0.5, 0.6) is 17.2 Å². The van der Waals surface area contributed by atoms with Crippen molar-refractivity contribution in [1.82, 2.24) is 14.5 Å². The minimum atomic E-state index is -0.0435. The molecule has 2 aliphatic rings. The van der Waals surface area contributed by atoms with Crippen molar-refractivity contribution >= 4 is 17.5 Å². The summed E-state index contributed by atoms with van der Waals surface area (Å²) in [5, 5.41) is 2.96. The number of aromatic nitrogens is 2. The smallest absolute Gasteiger partial charge is 0.238 e. The van der Waals surface area contributed by atoms with E-state index in [1.165, 1.54) is 0 Å². The highest BCUT2D eigenvalue weighted by Gasteiger charge is 2.22. The van der Waals surface area contributed by atoms with Crippen LogP contribution in [0.15, 0.2) is 54.9 Å². The molecule has 0 saturated carbocycles. The van der Waals surface area contributed by atoms with Crippen molar-refractivity contribution in [2.24, 2.45) is 0 Å². The molecule has 0 radical (unpaired) electrons. The lowest BCUT2D eigenvalue weighted by atomic mass is 10.2. The Hall–Kier alpha value is -3.72. The predicted octanol–water partition coefficient (Wildman–Crippen LogP) is 2.41. The van der Waals surface area contributed by atoms with Crippen LogP contribution < -0.4 is 24.4 Å². The molecule has 0 atom stereocenters. The summed E-state index contributed by atoms with van der Waals surface area (Å²) in [5.74, 6) is 3.03. The molecule has 0 aliphatic carbocycles. The molecule has 2 aromatic carbocycles. The van der Waals surface area contributed by atoms with Crippen molar-refractivity contribution in [1.29, 1.82) is 0 Å². The molecule has 3 aromatic rings. The van der Waals surface area contributed by atoms with Crippen LogP contribution in [-0.2, 0) is 4.79 Å². The van der Waals surface area contributed by atoms with E-state index >= 15 is 0 Å². The van der Waals surface area contributed by atoms with Crippen LogP contribution in [0.1, 0.15) is 0 Å². The summed E-state index contributed by atoms with van der Waals surface area (Å²) < 4.78 is 18.5. The lowest BCUT2D eigenvalue weighted by molar-refractivity contribution is -0.117. The Labute approximate surface area is 192 Å². The van der Waals surface area contributed by atoms with Crippen molar-refractivity contribution < 1.29 is 19.0 Å². The van der Waals surface area contributed by atoms with Crippen LogP contribution in [-0.4, -0.2) is 73.4 Å². The maximum absolute atomic E-state index is 12.6. The first-order valence-electron chi connectivity index (χ1n) is 11.0. The number of imidazole rings is 1. The standard InChI is InChI=1S/C24H27N5O4/c1-31-20-4-2-3-19(16-20)29-8-7-25-24(29)28-11-9-27(10-12-28)17-23(30)26-18-5-6-21-22(15-18)33-14-13-32-21/h2-8,15-16H,9-14,17H2,1H3,(H,26,30). The lowest BCUT2D eigenvalue weighted by Gasteiger charge is -2.35. The average molecular weight is 450 g/mol. The molecule has 2 aliphatic heterocycles. The summed E-state index contributed by atoms with van der Waals surface area (Å²) in [5.41, 5.74) is 1.71. The predicted molar refractivity (Wildman–Crippen MR) is 125 cm³/mol. The van der Waals surface area contributed by atoms with Gasteiger partial charge in [-0.1, -0.05) is 6.07 Å². The Kier molecular flexibility index (Phi) is 6.03. The molecule has 3 heterocycles. The van der Waals surface area contributed by atoms with Crippen LogP contribution in [0, 0.1) is 0 Å². The van der Waals surface area contributed by atoms with Crippen molar-refractivity contribution in [3.05, 3.63) is 54.9 Å². The van der Waals surface area contributed by atoms with Gasteiger partial charge in [0, 0.05) is 56.4 Å². The van der Waals surface area contributed by atoms with Gasteiger partial charge in [0.2, 0.25) is 11.9 Å². The number of benzene rings is 2. The number of fused-ring (bicyclic) bond motifs is 1. The maximum Gasteiger partial charge on any atom is 0.238 e. The summed E-state index contributed by atoms with van der Waals surface area (Å²) in [6.45, 7) is 4.54. The molecule has 5 rings (SSSR count). The fourth-order valence-corrected chi connectivity index (χ4v) is 4.12. The van der Waals surface area contributed by atoms with Gasteiger partial charge in [-0.15, -0.1) is 0 Å². The van der Waals surface area contributed by atoms with E-state index in [0.717, 1.165) is 43.6 Å². The molecule has 172 valence electrons. The summed E-state index contributed by atoms with van der Waals surface area (Å²) in [4.78, 5) is 21.6. The number of ether oxygens (including phenoxy) is 3. The monoisotopic (exact) mass is 449 g/mol. The Morgan fingerprint density at radius 2 is 1.88 bits per heavy atom. The Morgan fingerprint density at radius 1 is 1.06 bits per heavy atom. The van der Waals surface area contributed by atoms with Crippen LogP contribution in [0.3, 0.4) is 0 Å². The first kappa shape index (κ1) is 21.1. The van der Waals surface area contributed by atoms with Crippen LogP contribution in [0.4, 0.5) is 11.6 Å². The van der Waals surface area contributed by atoms with Gasteiger partial charge in [0.05, 0.1) is 19.3 Å². The fourth-order valence-electron chi connectivity index (χ4n) is 4.12. The molecule has 1 N–H and O–H groups in total. The van der Waals surface area contributed by atoms with Crippen molar-refractivity contribution in [3.8, 4) is 22.9 Å². The van der Waals surface area contributed by atoms with Gasteiger partial charge in [-0.05, 0) is 24.3 Å². The minimum Gasteiger partial charge on any atom is -0.497 e. The van der Waals surface area contributed by atoms with Crippen LogP contribution >= 0.6 is 0 Å². The number of nitrogens with one attached hydrogen (secondary N) is 1. The van der Waals surface area contributed by atoms with Gasteiger partial charge < -0.3 is 24.4 Å². The molecule has 9 heteroatoms. The number of methoxy groups -OCH3 is 1. The third-order valence-electron chi connectivity index (χ3n) is 5.80. The second-order valence-electron chi connectivity index (χ2n) is 7.97. The highest BCUT2D eigenvalue weighted by atomic mass is 16.6. The Balaban J connectivity index is 1.17. The number of carbonyl (C=O) groups excluding carboxylic acids is 1. The van der Waals surface area contributed by atoms with E-state index in [1.807, 2.05) is 54.9 Å². The third-order valence-corrected chi connectivity index (χ3v) is 5.80. The number of amides is 1. The fraction of sp³-hybridized carbons (Fsp3) is 0.333. The first-order valence-corrected chi connectivity index (χ1v) is 11.0. The summed E-state index contributed by atoms with van der Waals surface area (Å²) in [7, 11) is 1.66. The molecule has 9 nitrogen and oxygen atoms in total. The second kappa shape index (κ2) is 9.41. The van der Waals surface area contributed by atoms with Gasteiger partial charge in [0.15, 0.2) is 11.5 Å². The van der Waals surface area contributed by atoms with Gasteiger partial charge in [-0.2, -0.15) is 0 Å². The van der Waals surface area contributed by atoms with Gasteiger partial charge in [0.1, 0.15) is 19.0 Å². The van der Waals surface area contributed by atoms with Crippen molar-refractivity contribution in [2.45, 2.75) is 0 Å². The SMILES string of the molecule is COc1cccc(-n2ccnc2N2CCN(CC(=O)Nc3ccc4c(c3)OCCO4)CC2)c1. The molecule has 1 fully saturated rings. The quantitative estimate of drug-likeness (QED) is 0.619. The number of hydrogen-bond donors (Lipinski definition) is 1. The summed E-state index contributed by atoms with van der Waals surface area (Å²) in [6, 6.07) is 13.4. The van der Waals surface area contributed by atoms with E-state index in [2.05, 4.69) is 24.7 Å². The largest absolute Gasteiger partial charge is 0.497 e. The zero-order chi connectivity index (χ0) is 22.6. The lowest BCUT2D eigenvalue weighted by Crippen LogP contribution is -2.49. The number of piperazine rings is 1. The molecular weight excluding hydrogens is 422 g/mol. The van der Waals surface area contributed by atoms with E-state index in [1.54, 1.807) is 7.11 Å². The minimum absolute atomic E-state index is 0.0435. The van der Waals surface area contributed by atoms with Gasteiger partial charge in [0.25, 0.3) is 0 Å². The highest BCUT2D eigenvalue weighted by molar-refractivity contribution is 5.92. The van der Waals surface area contributed by atoms with Crippen molar-refractivity contribution in [2.75, 3.05) is 63.3 Å². The van der Waals surface area contributed by atoms with Gasteiger partial charge in [-0.25, -0.2) is 4.98 Å². The summed E-state index contributed by atoms with van der Waals surface area (Å²) in [6.07, 6.45) is 3.76. The average Bonchev–Trinajstić information content (AvgIpc) is 3.34. The molecule has 1 saturated heterocycles. The number of hydrogen-bond acceptors (Lipinski definition) is 7. The van der Waals surface area contributed by atoms with Crippen LogP contribution in [0.25, 0.3) is 5.69 Å². The van der Waals surface area contributed by atoms with E-state index < -0.39 is 0 Å². The van der Waals surface area contributed by atoms with Gasteiger partial charge >= 0.3 is 0 Å². The van der Waals surface area contributed by atoms with Crippen LogP contribution in [0.2, 0.25) is 0 Å². The van der Waals surface area contributed by atoms with Gasteiger partial charge in [-0.3, -0.25) is 14.3 Å². The second-order valence-corrected chi connectivity index (χ2v) is 7.97. The number of anilines is 2. The number of carbonyl (C=O) groups is 1. The normalized spacial score (nSPS) is 15.8. The molecule has 0 bridgehead atoms. The molecule has 0 unspecified atom stereocenters. The Bertz CT molecular complexity index is 1120. The number of nitrogens with zero attached hydrogens (tertiary/aromatic N) is 4. The third kappa shape index (κ3) is 4.73. The van der Waals surface area contributed by atoms with Crippen molar-refractivity contribution in [3.63, 3.8) is 0 Å². The van der Waals surface area contributed by atoms with E-state index in [-0.39, 0.29) is 5.91 Å². The Morgan fingerprint density at radius 3 is 2.70 bits per heavy atom. The summed E-state index contributed by atoms with van der Waals surface area (Å²) >= 11 is 0. The molecule has 1 aromatic heterocycles. The molecule has 33 heavy (non-hydrogen) atoms. The number of rotatable bonds is 6. The maximum atomic E-state index is 12.6. The molecular formula is C24H27N5O4. The first-order chi connectivity index (χ1) is 16.2. The van der Waals surface area contributed by atoms with E-state index in [0.29, 0.717) is 36.9 Å². The zero-order valence-corrected chi connectivity index (χ0v) is 18.6. The highest BCUT2D eigenvalue weighted by Crippen LogP contribution is 2.32. The molecule has 1 amide bonds. The van der Waals surface area contributed by atoms with E-state index in [4.69, 9.17) is 14.2 Å². The molecule has 0 spiro atoms. The zero-order valence-electron chi connectivity index (χ0n) is 18.6. The topological polar surface area (TPSA) is 81.1 Å². The van der Waals surface area contributed by atoms with E-state index in [9.17, 15) is 4.79 Å².